The van der Waals surface area contributed by atoms with Crippen LogP contribution >= 0.6 is 0 Å². The lowest BCUT2D eigenvalue weighted by molar-refractivity contribution is -0.145. The van der Waals surface area contributed by atoms with E-state index in [4.69, 9.17) is 9.47 Å². The van der Waals surface area contributed by atoms with Gasteiger partial charge < -0.3 is 19.7 Å². The molecule has 0 bridgehead atoms. The van der Waals surface area contributed by atoms with E-state index in [1.165, 1.54) is 0 Å². The fraction of sp³-hybridized carbons (Fsp3) is 0.929. The molecule has 0 aliphatic carbocycles. The number of carbonyl (C=O) groups is 1. The number of nitrogens with one attached hydrogen (secondary N) is 1. The van der Waals surface area contributed by atoms with Crippen LogP contribution in [-0.2, 0) is 14.3 Å². The van der Waals surface area contributed by atoms with Crippen LogP contribution in [0.25, 0.3) is 0 Å². The molecule has 1 rings (SSSR count). The van der Waals surface area contributed by atoms with Crippen LogP contribution in [0.2, 0.25) is 0 Å². The predicted octanol–water partition coefficient (Wildman–Crippen LogP) is 0.886. The number of carbonyl (C=O) groups excluding carboxylic acids is 1. The standard InChI is InChI=1S/C14H28N2O3/c1-4-19-14(17)13(15-2)5-8-16(3)11-12-6-9-18-10-7-12/h12-13,15H,4-11H2,1-3H3. The Balaban J connectivity index is 2.23. The summed E-state index contributed by atoms with van der Waals surface area (Å²) in [7, 11) is 3.92. The van der Waals surface area contributed by atoms with Crippen LogP contribution in [0.3, 0.4) is 0 Å². The highest BCUT2D eigenvalue weighted by atomic mass is 16.5. The molecule has 0 saturated carbocycles. The normalized spacial score (nSPS) is 18.5. The summed E-state index contributed by atoms with van der Waals surface area (Å²) >= 11 is 0. The molecule has 1 unspecified atom stereocenters. The van der Waals surface area contributed by atoms with E-state index >= 15 is 0 Å². The molecule has 0 amide bonds. The zero-order valence-corrected chi connectivity index (χ0v) is 12.5. The lowest BCUT2D eigenvalue weighted by Gasteiger charge is -2.27. The number of rotatable bonds is 8. The Morgan fingerprint density at radius 1 is 1.47 bits per heavy atom. The van der Waals surface area contributed by atoms with E-state index in [0.717, 1.165) is 51.5 Å². The van der Waals surface area contributed by atoms with Gasteiger partial charge in [-0.05, 0) is 52.7 Å². The molecule has 0 radical (unpaired) electrons. The van der Waals surface area contributed by atoms with Crippen LogP contribution < -0.4 is 5.32 Å². The molecule has 0 aromatic carbocycles. The van der Waals surface area contributed by atoms with Crippen molar-refractivity contribution in [3.63, 3.8) is 0 Å². The first-order valence-corrected chi connectivity index (χ1v) is 7.27. The van der Waals surface area contributed by atoms with Crippen molar-refractivity contribution in [2.75, 3.05) is 47.0 Å². The summed E-state index contributed by atoms with van der Waals surface area (Å²) < 4.78 is 10.4. The summed E-state index contributed by atoms with van der Waals surface area (Å²) in [5, 5.41) is 3.02. The van der Waals surface area contributed by atoms with Gasteiger partial charge in [-0.1, -0.05) is 0 Å². The number of likely N-dealkylation sites (N-methyl/N-ethyl adjacent to an activating group) is 1. The largest absolute Gasteiger partial charge is 0.465 e. The van der Waals surface area contributed by atoms with Gasteiger partial charge in [-0.25, -0.2) is 0 Å². The summed E-state index contributed by atoms with van der Waals surface area (Å²) in [4.78, 5) is 14.0. The minimum Gasteiger partial charge on any atom is -0.465 e. The summed E-state index contributed by atoms with van der Waals surface area (Å²) in [5.41, 5.74) is 0. The van der Waals surface area contributed by atoms with E-state index in [0.29, 0.717) is 6.61 Å². The van der Waals surface area contributed by atoms with E-state index in [9.17, 15) is 4.79 Å². The van der Waals surface area contributed by atoms with Crippen LogP contribution in [0.15, 0.2) is 0 Å². The Kier molecular flexibility index (Phi) is 8.02. The zero-order chi connectivity index (χ0) is 14.1. The second kappa shape index (κ2) is 9.28. The average molecular weight is 272 g/mol. The Bertz CT molecular complexity index is 255. The smallest absolute Gasteiger partial charge is 0.323 e. The van der Waals surface area contributed by atoms with Gasteiger partial charge in [0.15, 0.2) is 0 Å². The molecule has 0 spiro atoms. The first-order valence-electron chi connectivity index (χ1n) is 7.27. The monoisotopic (exact) mass is 272 g/mol. The van der Waals surface area contributed by atoms with Gasteiger partial charge in [0.25, 0.3) is 0 Å². The van der Waals surface area contributed by atoms with Crippen molar-refractivity contribution < 1.29 is 14.3 Å². The highest BCUT2D eigenvalue weighted by Gasteiger charge is 2.20. The molecule has 1 saturated heterocycles. The molecule has 1 aliphatic heterocycles. The Hall–Kier alpha value is -0.650. The van der Waals surface area contributed by atoms with Gasteiger partial charge in [-0.15, -0.1) is 0 Å². The lowest BCUT2D eigenvalue weighted by Crippen LogP contribution is -2.39. The second-order valence-electron chi connectivity index (χ2n) is 5.20. The molecule has 1 atom stereocenters. The zero-order valence-electron chi connectivity index (χ0n) is 12.5. The van der Waals surface area contributed by atoms with Crippen molar-refractivity contribution in [3.05, 3.63) is 0 Å². The van der Waals surface area contributed by atoms with Crippen LogP contribution in [0.5, 0.6) is 0 Å². The second-order valence-corrected chi connectivity index (χ2v) is 5.20. The Labute approximate surface area is 116 Å². The number of hydrogen-bond donors (Lipinski definition) is 1. The molecule has 1 fully saturated rings. The average Bonchev–Trinajstić information content (AvgIpc) is 2.41. The fourth-order valence-electron chi connectivity index (χ4n) is 2.43. The first kappa shape index (κ1) is 16.4. The molecular weight excluding hydrogens is 244 g/mol. The number of ether oxygens (including phenoxy) is 2. The van der Waals surface area contributed by atoms with Crippen molar-refractivity contribution in [1.29, 1.82) is 0 Å². The van der Waals surface area contributed by atoms with Gasteiger partial charge in [0.05, 0.1) is 6.61 Å². The lowest BCUT2D eigenvalue weighted by atomic mass is 10.00. The molecule has 1 heterocycles. The number of esters is 1. The van der Waals surface area contributed by atoms with Crippen LogP contribution in [-0.4, -0.2) is 63.9 Å². The van der Waals surface area contributed by atoms with Gasteiger partial charge >= 0.3 is 5.97 Å². The van der Waals surface area contributed by atoms with Crippen LogP contribution in [0.4, 0.5) is 0 Å². The van der Waals surface area contributed by atoms with E-state index in [1.54, 1.807) is 7.05 Å². The Morgan fingerprint density at radius 3 is 2.74 bits per heavy atom. The minimum absolute atomic E-state index is 0.149. The maximum absolute atomic E-state index is 11.7. The summed E-state index contributed by atoms with van der Waals surface area (Å²) in [5.74, 6) is 0.582. The van der Waals surface area contributed by atoms with E-state index in [-0.39, 0.29) is 12.0 Å². The third-order valence-electron chi connectivity index (χ3n) is 3.63. The molecule has 1 N–H and O–H groups in total. The highest BCUT2D eigenvalue weighted by molar-refractivity contribution is 5.75. The molecule has 5 nitrogen and oxygen atoms in total. The van der Waals surface area contributed by atoms with Crippen molar-refractivity contribution in [3.8, 4) is 0 Å². The first-order chi connectivity index (χ1) is 9.17. The fourth-order valence-corrected chi connectivity index (χ4v) is 2.43. The summed E-state index contributed by atoms with van der Waals surface area (Å²) in [6.45, 7) is 6.04. The van der Waals surface area contributed by atoms with Gasteiger partial charge in [0, 0.05) is 19.8 Å². The maximum atomic E-state index is 11.7. The van der Waals surface area contributed by atoms with Gasteiger partial charge in [0.1, 0.15) is 6.04 Å². The molecule has 19 heavy (non-hydrogen) atoms. The van der Waals surface area contributed by atoms with Gasteiger partial charge in [-0.3, -0.25) is 4.79 Å². The third kappa shape index (κ3) is 6.36. The maximum Gasteiger partial charge on any atom is 0.323 e. The van der Waals surface area contributed by atoms with Gasteiger partial charge in [0.2, 0.25) is 0 Å². The minimum atomic E-state index is -0.197. The molecule has 1 aliphatic rings. The summed E-state index contributed by atoms with van der Waals surface area (Å²) in [6, 6.07) is -0.197. The SMILES string of the molecule is CCOC(=O)C(CCN(C)CC1CCOCC1)NC. The van der Waals surface area contributed by atoms with Crippen molar-refractivity contribution in [2.45, 2.75) is 32.2 Å². The molecular formula is C14H28N2O3. The van der Waals surface area contributed by atoms with E-state index < -0.39 is 0 Å². The van der Waals surface area contributed by atoms with Crippen LogP contribution in [0, 0.1) is 5.92 Å². The molecule has 0 aromatic rings. The van der Waals surface area contributed by atoms with E-state index in [2.05, 4.69) is 17.3 Å². The summed E-state index contributed by atoms with van der Waals surface area (Å²) in [6.07, 6.45) is 3.09. The Morgan fingerprint density at radius 2 is 2.16 bits per heavy atom. The molecule has 0 aromatic heterocycles. The van der Waals surface area contributed by atoms with Crippen molar-refractivity contribution >= 4 is 5.97 Å². The van der Waals surface area contributed by atoms with Crippen molar-refractivity contribution in [2.24, 2.45) is 5.92 Å². The topological polar surface area (TPSA) is 50.8 Å². The number of nitrogens with zero attached hydrogens (tertiary/aromatic N) is 1. The third-order valence-corrected chi connectivity index (χ3v) is 3.63. The van der Waals surface area contributed by atoms with Gasteiger partial charge in [-0.2, -0.15) is 0 Å². The quantitative estimate of drug-likeness (QED) is 0.665. The molecule has 112 valence electrons. The van der Waals surface area contributed by atoms with Crippen LogP contribution in [0.1, 0.15) is 26.2 Å². The molecule has 5 heteroatoms. The van der Waals surface area contributed by atoms with E-state index in [1.807, 2.05) is 6.92 Å². The number of hydrogen-bond acceptors (Lipinski definition) is 5. The van der Waals surface area contributed by atoms with Crippen molar-refractivity contribution in [1.82, 2.24) is 10.2 Å². The highest BCUT2D eigenvalue weighted by Crippen LogP contribution is 2.15. The predicted molar refractivity (Wildman–Crippen MR) is 75.1 cm³/mol.